The SMILES string of the molecule is c1ccc(-c2nc(-c3ccccc3)nc(-c3ccc4ccc5ccc6cccc(-c7ccccc7)c6c5c4c3)n2)cc1. The van der Waals surface area contributed by atoms with Crippen LogP contribution in [0.4, 0.5) is 0 Å². The second kappa shape index (κ2) is 10.1. The summed E-state index contributed by atoms with van der Waals surface area (Å²) in [5.74, 6) is 1.98. The maximum Gasteiger partial charge on any atom is 0.164 e. The molecule has 8 aromatic rings. The van der Waals surface area contributed by atoms with Crippen molar-refractivity contribution in [3.05, 3.63) is 152 Å². The fourth-order valence-electron chi connectivity index (χ4n) is 5.86. The maximum absolute atomic E-state index is 4.99. The summed E-state index contributed by atoms with van der Waals surface area (Å²) in [4.78, 5) is 14.9. The zero-order valence-corrected chi connectivity index (χ0v) is 22.8. The molecule has 0 saturated carbocycles. The number of nitrogens with zero attached hydrogens (tertiary/aromatic N) is 3. The van der Waals surface area contributed by atoms with E-state index in [1.54, 1.807) is 0 Å². The molecule has 1 aromatic heterocycles. The summed E-state index contributed by atoms with van der Waals surface area (Å²) in [5.41, 5.74) is 5.32. The Morgan fingerprint density at radius 2 is 0.786 bits per heavy atom. The van der Waals surface area contributed by atoms with Crippen LogP contribution in [0.1, 0.15) is 0 Å². The molecule has 1 heterocycles. The average Bonchev–Trinajstić information content (AvgIpc) is 3.08. The van der Waals surface area contributed by atoms with Crippen molar-refractivity contribution in [1.29, 1.82) is 0 Å². The third-order valence-corrected chi connectivity index (χ3v) is 7.89. The molecule has 7 aromatic carbocycles. The molecule has 0 aliphatic rings. The summed E-state index contributed by atoms with van der Waals surface area (Å²) in [6, 6.07) is 52.9. The quantitative estimate of drug-likeness (QED) is 0.211. The van der Waals surface area contributed by atoms with Crippen molar-refractivity contribution in [1.82, 2.24) is 15.0 Å². The van der Waals surface area contributed by atoms with Gasteiger partial charge in [0.2, 0.25) is 0 Å². The second-order valence-corrected chi connectivity index (χ2v) is 10.5. The highest BCUT2D eigenvalue weighted by Crippen LogP contribution is 2.39. The number of hydrogen-bond donors (Lipinski definition) is 0. The highest BCUT2D eigenvalue weighted by molar-refractivity contribution is 6.24. The van der Waals surface area contributed by atoms with Crippen LogP contribution in [0.2, 0.25) is 0 Å². The van der Waals surface area contributed by atoms with Gasteiger partial charge in [-0.2, -0.15) is 0 Å². The average molecular weight is 536 g/mol. The van der Waals surface area contributed by atoms with Gasteiger partial charge < -0.3 is 0 Å². The van der Waals surface area contributed by atoms with E-state index in [0.29, 0.717) is 17.5 Å². The zero-order chi connectivity index (χ0) is 27.9. The van der Waals surface area contributed by atoms with Crippen molar-refractivity contribution >= 4 is 32.3 Å². The predicted molar refractivity (Wildman–Crippen MR) is 174 cm³/mol. The van der Waals surface area contributed by atoms with Gasteiger partial charge in [0.25, 0.3) is 0 Å². The van der Waals surface area contributed by atoms with E-state index in [-0.39, 0.29) is 0 Å². The minimum absolute atomic E-state index is 0.658. The van der Waals surface area contributed by atoms with Crippen LogP contribution >= 0.6 is 0 Å². The molecule has 42 heavy (non-hydrogen) atoms. The maximum atomic E-state index is 4.99. The molecule has 0 atom stereocenters. The van der Waals surface area contributed by atoms with Gasteiger partial charge in [-0.15, -0.1) is 0 Å². The van der Waals surface area contributed by atoms with Gasteiger partial charge in [-0.25, -0.2) is 15.0 Å². The van der Waals surface area contributed by atoms with Crippen molar-refractivity contribution in [2.75, 3.05) is 0 Å². The minimum atomic E-state index is 0.658. The summed E-state index contributed by atoms with van der Waals surface area (Å²) < 4.78 is 0. The van der Waals surface area contributed by atoms with Gasteiger partial charge in [0.1, 0.15) is 0 Å². The Labute approximate surface area is 243 Å². The smallest absolute Gasteiger partial charge is 0.164 e. The van der Waals surface area contributed by atoms with Crippen LogP contribution in [0.3, 0.4) is 0 Å². The van der Waals surface area contributed by atoms with Gasteiger partial charge in [0, 0.05) is 16.7 Å². The van der Waals surface area contributed by atoms with Crippen LogP contribution < -0.4 is 0 Å². The van der Waals surface area contributed by atoms with Crippen LogP contribution in [-0.2, 0) is 0 Å². The molecule has 196 valence electrons. The fourth-order valence-corrected chi connectivity index (χ4v) is 5.86. The number of rotatable bonds is 4. The molecule has 3 nitrogen and oxygen atoms in total. The Hall–Kier alpha value is -5.67. The van der Waals surface area contributed by atoms with Crippen molar-refractivity contribution < 1.29 is 0 Å². The highest BCUT2D eigenvalue weighted by atomic mass is 15.0. The van der Waals surface area contributed by atoms with E-state index in [1.807, 2.05) is 60.7 Å². The first-order chi connectivity index (χ1) is 20.8. The number of aromatic nitrogens is 3. The Morgan fingerprint density at radius 1 is 0.310 bits per heavy atom. The van der Waals surface area contributed by atoms with Gasteiger partial charge in [0.15, 0.2) is 17.5 Å². The van der Waals surface area contributed by atoms with Gasteiger partial charge >= 0.3 is 0 Å². The summed E-state index contributed by atoms with van der Waals surface area (Å²) >= 11 is 0. The van der Waals surface area contributed by atoms with Gasteiger partial charge in [0.05, 0.1) is 0 Å². The van der Waals surface area contributed by atoms with E-state index in [2.05, 4.69) is 91.0 Å². The minimum Gasteiger partial charge on any atom is -0.208 e. The van der Waals surface area contributed by atoms with Crippen molar-refractivity contribution in [3.63, 3.8) is 0 Å². The third kappa shape index (κ3) is 4.20. The zero-order valence-electron chi connectivity index (χ0n) is 22.8. The Balaban J connectivity index is 1.41. The topological polar surface area (TPSA) is 38.7 Å². The third-order valence-electron chi connectivity index (χ3n) is 7.89. The number of benzene rings is 7. The molecule has 0 bridgehead atoms. The van der Waals surface area contributed by atoms with Crippen molar-refractivity contribution in [2.45, 2.75) is 0 Å². The van der Waals surface area contributed by atoms with E-state index < -0.39 is 0 Å². The van der Waals surface area contributed by atoms with Crippen LogP contribution in [0, 0.1) is 0 Å². The molecule has 0 aliphatic heterocycles. The first-order valence-corrected chi connectivity index (χ1v) is 14.1. The van der Waals surface area contributed by atoms with Crippen molar-refractivity contribution in [3.8, 4) is 45.3 Å². The van der Waals surface area contributed by atoms with E-state index >= 15 is 0 Å². The number of fused-ring (bicyclic) bond motifs is 5. The van der Waals surface area contributed by atoms with E-state index in [1.165, 1.54) is 43.4 Å². The summed E-state index contributed by atoms with van der Waals surface area (Å²) in [7, 11) is 0. The normalized spacial score (nSPS) is 11.3. The van der Waals surface area contributed by atoms with E-state index in [4.69, 9.17) is 15.0 Å². The summed E-state index contributed by atoms with van der Waals surface area (Å²) in [6.45, 7) is 0. The Kier molecular flexibility index (Phi) is 5.79. The number of hydrogen-bond acceptors (Lipinski definition) is 3. The molecule has 0 radical (unpaired) electrons. The lowest BCUT2D eigenvalue weighted by atomic mass is 9.90. The van der Waals surface area contributed by atoms with E-state index in [9.17, 15) is 0 Å². The molecule has 8 rings (SSSR count). The van der Waals surface area contributed by atoms with Gasteiger partial charge in [-0.1, -0.05) is 146 Å². The van der Waals surface area contributed by atoms with Crippen LogP contribution in [0.5, 0.6) is 0 Å². The molecular formula is C39H25N3. The standard InChI is InChI=1S/C39H25N3/c1-4-11-26(12-5-1)33-18-10-17-28-22-23-29-21-19-27-20-24-32(25-34(27)36(29)35(28)33)39-41-37(30-13-6-2-7-14-30)40-38(42-39)31-15-8-3-9-16-31/h1-25H. The highest BCUT2D eigenvalue weighted by Gasteiger charge is 2.15. The van der Waals surface area contributed by atoms with Gasteiger partial charge in [-0.3, -0.25) is 0 Å². The summed E-state index contributed by atoms with van der Waals surface area (Å²) in [5, 5.41) is 7.30. The summed E-state index contributed by atoms with van der Waals surface area (Å²) in [6.07, 6.45) is 0. The lowest BCUT2D eigenvalue weighted by Gasteiger charge is -2.14. The molecule has 0 N–H and O–H groups in total. The van der Waals surface area contributed by atoms with Crippen LogP contribution in [0.15, 0.2) is 152 Å². The predicted octanol–water partition coefficient (Wildman–Crippen LogP) is 10.00. The largest absolute Gasteiger partial charge is 0.208 e. The van der Waals surface area contributed by atoms with Crippen LogP contribution in [0.25, 0.3) is 77.6 Å². The fraction of sp³-hybridized carbons (Fsp3) is 0. The first kappa shape index (κ1) is 24.2. The van der Waals surface area contributed by atoms with Crippen LogP contribution in [-0.4, -0.2) is 15.0 Å². The molecule has 3 heteroatoms. The molecule has 0 saturated heterocycles. The first-order valence-electron chi connectivity index (χ1n) is 14.1. The van der Waals surface area contributed by atoms with Gasteiger partial charge in [-0.05, 0) is 49.5 Å². The molecular weight excluding hydrogens is 510 g/mol. The monoisotopic (exact) mass is 535 g/mol. The van der Waals surface area contributed by atoms with E-state index in [0.717, 1.165) is 16.7 Å². The lowest BCUT2D eigenvalue weighted by molar-refractivity contribution is 1.07. The lowest BCUT2D eigenvalue weighted by Crippen LogP contribution is -2.00. The Bertz CT molecular complexity index is 2160. The molecule has 0 aliphatic carbocycles. The Morgan fingerprint density at radius 3 is 1.38 bits per heavy atom. The molecule has 0 spiro atoms. The molecule has 0 amide bonds. The molecule has 0 fully saturated rings. The second-order valence-electron chi connectivity index (χ2n) is 10.5. The van der Waals surface area contributed by atoms with Crippen molar-refractivity contribution in [2.24, 2.45) is 0 Å². The molecule has 0 unspecified atom stereocenters.